The van der Waals surface area contributed by atoms with Crippen molar-refractivity contribution in [3.05, 3.63) is 70.3 Å². The number of hydrogen-bond acceptors (Lipinski definition) is 5. The molecule has 2 aliphatic heterocycles. The summed E-state index contributed by atoms with van der Waals surface area (Å²) in [6, 6.07) is 11.8. The van der Waals surface area contributed by atoms with E-state index in [4.69, 9.17) is 21.1 Å². The van der Waals surface area contributed by atoms with Crippen LogP contribution in [-0.4, -0.2) is 48.8 Å². The SMILES string of the molecule is CC[C@@H]1CCN2C[C@@]3(CCCc4cc(Cl)ccc43)COc3ccc(cc32)C(=O)/N=[SH](=O)\CCC/C=C/[C@@H]1OC. The predicted octanol–water partition coefficient (Wildman–Crippen LogP) is 6.40. The number of nitrogens with zero attached hydrogens (tertiary/aromatic N) is 2. The normalized spacial score (nSPS) is 29.1. The fourth-order valence-corrected chi connectivity index (χ4v) is 7.48. The molecule has 3 aliphatic rings. The number of ether oxygens (including phenoxy) is 2. The van der Waals surface area contributed by atoms with Gasteiger partial charge in [-0.3, -0.25) is 9.00 Å². The molecule has 1 aliphatic carbocycles. The quantitative estimate of drug-likeness (QED) is 0.334. The number of halogens is 1. The first-order valence-electron chi connectivity index (χ1n) is 14.1. The third-order valence-electron chi connectivity index (χ3n) is 8.56. The summed E-state index contributed by atoms with van der Waals surface area (Å²) in [6.45, 7) is 4.36. The van der Waals surface area contributed by atoms with Gasteiger partial charge in [0.1, 0.15) is 5.75 Å². The molecule has 0 saturated carbocycles. The van der Waals surface area contributed by atoms with Gasteiger partial charge in [0.25, 0.3) is 5.91 Å². The van der Waals surface area contributed by atoms with Gasteiger partial charge in [-0.2, -0.15) is 4.36 Å². The second-order valence-electron chi connectivity index (χ2n) is 11.0. The molecule has 4 atom stereocenters. The number of thiol groups is 1. The van der Waals surface area contributed by atoms with E-state index in [0.717, 1.165) is 74.5 Å². The van der Waals surface area contributed by atoms with E-state index in [9.17, 15) is 9.00 Å². The number of amides is 1. The van der Waals surface area contributed by atoms with Crippen molar-refractivity contribution >= 4 is 33.8 Å². The Morgan fingerprint density at radius 1 is 1.23 bits per heavy atom. The lowest BCUT2D eigenvalue weighted by Gasteiger charge is -2.41. The van der Waals surface area contributed by atoms with Gasteiger partial charge in [-0.15, -0.1) is 0 Å². The first-order chi connectivity index (χ1) is 18.9. The molecule has 0 fully saturated rings. The zero-order chi connectivity index (χ0) is 27.4. The van der Waals surface area contributed by atoms with Crippen LogP contribution in [0.3, 0.4) is 0 Å². The van der Waals surface area contributed by atoms with Crippen LogP contribution in [-0.2, 0) is 27.2 Å². The number of methoxy groups -OCH3 is 1. The van der Waals surface area contributed by atoms with Gasteiger partial charge in [-0.05, 0) is 85.9 Å². The van der Waals surface area contributed by atoms with Gasteiger partial charge in [-0.1, -0.05) is 43.2 Å². The van der Waals surface area contributed by atoms with E-state index in [2.05, 4.69) is 40.5 Å². The van der Waals surface area contributed by atoms with Crippen molar-refractivity contribution in [2.45, 2.75) is 63.4 Å². The Morgan fingerprint density at radius 3 is 2.92 bits per heavy atom. The highest BCUT2D eigenvalue weighted by molar-refractivity contribution is 7.75. The van der Waals surface area contributed by atoms with Crippen LogP contribution in [0.1, 0.15) is 66.9 Å². The molecule has 5 rings (SSSR count). The average Bonchev–Trinajstić information content (AvgIpc) is 3.08. The predicted molar refractivity (Wildman–Crippen MR) is 159 cm³/mol. The molecule has 0 saturated heterocycles. The molecular formula is C31H39ClN2O4S. The molecule has 2 aromatic rings. The lowest BCUT2D eigenvalue weighted by Crippen LogP contribution is -2.46. The molecule has 0 N–H and O–H groups in total. The highest BCUT2D eigenvalue weighted by atomic mass is 35.5. The van der Waals surface area contributed by atoms with E-state index in [-0.39, 0.29) is 11.5 Å². The summed E-state index contributed by atoms with van der Waals surface area (Å²) in [4.78, 5) is 15.4. The van der Waals surface area contributed by atoms with Gasteiger partial charge in [0.05, 0.1) is 18.4 Å². The maximum Gasteiger partial charge on any atom is 0.284 e. The molecule has 1 unspecified atom stereocenters. The number of aryl methyl sites for hydroxylation is 1. The summed E-state index contributed by atoms with van der Waals surface area (Å²) in [7, 11) is -0.175. The Kier molecular flexibility index (Phi) is 8.99. The third kappa shape index (κ3) is 6.21. The Bertz CT molecular complexity index is 1320. The largest absolute Gasteiger partial charge is 0.490 e. The van der Waals surface area contributed by atoms with Gasteiger partial charge in [0.15, 0.2) is 0 Å². The molecule has 0 radical (unpaired) electrons. The molecule has 6 nitrogen and oxygen atoms in total. The van der Waals surface area contributed by atoms with Crippen LogP contribution in [0.4, 0.5) is 5.69 Å². The van der Waals surface area contributed by atoms with Crippen LogP contribution in [0.15, 0.2) is 52.9 Å². The average molecular weight is 571 g/mol. The molecule has 1 spiro atoms. The lowest BCUT2D eigenvalue weighted by atomic mass is 9.70. The number of carbonyl (C=O) groups excluding carboxylic acids is 1. The summed E-state index contributed by atoms with van der Waals surface area (Å²) in [5.41, 5.74) is 3.78. The highest BCUT2D eigenvalue weighted by Gasteiger charge is 2.42. The van der Waals surface area contributed by atoms with E-state index in [1.165, 1.54) is 11.1 Å². The van der Waals surface area contributed by atoms with Gasteiger partial charge in [-0.25, -0.2) is 0 Å². The number of hydrogen-bond donors (Lipinski definition) is 1. The van der Waals surface area contributed by atoms with Crippen molar-refractivity contribution < 1.29 is 18.5 Å². The van der Waals surface area contributed by atoms with E-state index in [1.807, 2.05) is 18.2 Å². The third-order valence-corrected chi connectivity index (χ3v) is 9.90. The van der Waals surface area contributed by atoms with Crippen molar-refractivity contribution in [3.63, 3.8) is 0 Å². The molecule has 210 valence electrons. The molecule has 0 aromatic heterocycles. The van der Waals surface area contributed by atoms with Gasteiger partial charge in [0.2, 0.25) is 0 Å². The summed E-state index contributed by atoms with van der Waals surface area (Å²) in [5.74, 6) is 1.08. The summed E-state index contributed by atoms with van der Waals surface area (Å²) >= 11 is 6.38. The van der Waals surface area contributed by atoms with Crippen molar-refractivity contribution in [3.8, 4) is 5.75 Å². The fourth-order valence-electron chi connectivity index (χ4n) is 6.42. The monoisotopic (exact) mass is 570 g/mol. The van der Waals surface area contributed by atoms with E-state index in [0.29, 0.717) is 23.8 Å². The van der Waals surface area contributed by atoms with Crippen LogP contribution in [0.25, 0.3) is 0 Å². The number of carbonyl (C=O) groups is 1. The van der Waals surface area contributed by atoms with Crippen molar-refractivity contribution in [2.75, 3.05) is 37.5 Å². The second-order valence-corrected chi connectivity index (χ2v) is 12.8. The summed E-state index contributed by atoms with van der Waals surface area (Å²) in [6.07, 6.45) is 10.8. The fraction of sp³-hybridized carbons (Fsp3) is 0.516. The number of allylic oxidation sites excluding steroid dienone is 1. The number of rotatable bonds is 2. The van der Waals surface area contributed by atoms with Crippen molar-refractivity contribution in [2.24, 2.45) is 10.3 Å². The molecular weight excluding hydrogens is 532 g/mol. The molecule has 39 heavy (non-hydrogen) atoms. The van der Waals surface area contributed by atoms with Crippen LogP contribution in [0, 0.1) is 5.92 Å². The van der Waals surface area contributed by atoms with Crippen LogP contribution < -0.4 is 9.64 Å². The molecule has 2 bridgehead atoms. The van der Waals surface area contributed by atoms with E-state index in [1.54, 1.807) is 13.2 Å². The number of anilines is 1. The Labute approximate surface area is 238 Å². The van der Waals surface area contributed by atoms with Crippen LogP contribution in [0.2, 0.25) is 5.02 Å². The minimum atomic E-state index is -1.95. The molecule has 8 heteroatoms. The standard InChI is InChI=1S/C31H39ClN2O4S/c1-3-22-14-16-34-20-31(15-7-8-23-18-25(32)11-12-26(23)31)21-38-29-13-10-24(19-27(29)34)30(35)33-39(36)17-6-4-5-9-28(22)37-2/h5,9-13,18-19,22,28,39H,3-4,6-8,14-17,20-21H2,1-2H3/b9-5+/t22-,28+,31+/m1/s1. The van der Waals surface area contributed by atoms with Gasteiger partial charge < -0.3 is 14.4 Å². The van der Waals surface area contributed by atoms with Crippen LogP contribution >= 0.6 is 11.6 Å². The highest BCUT2D eigenvalue weighted by Crippen LogP contribution is 2.44. The summed E-state index contributed by atoms with van der Waals surface area (Å²) in [5, 5.41) is 0.767. The van der Waals surface area contributed by atoms with E-state index >= 15 is 0 Å². The Hall–Kier alpha value is -2.35. The smallest absolute Gasteiger partial charge is 0.284 e. The zero-order valence-corrected chi connectivity index (χ0v) is 24.6. The minimum Gasteiger partial charge on any atom is -0.490 e. The van der Waals surface area contributed by atoms with Gasteiger partial charge in [0, 0.05) is 52.5 Å². The first kappa shape index (κ1) is 28.2. The maximum absolute atomic E-state index is 13.0. The first-order valence-corrected chi connectivity index (χ1v) is 15.9. The Morgan fingerprint density at radius 2 is 2.10 bits per heavy atom. The second kappa shape index (κ2) is 12.4. The summed E-state index contributed by atoms with van der Waals surface area (Å²) < 4.78 is 29.0. The molecule has 2 heterocycles. The maximum atomic E-state index is 13.0. The molecule has 1 amide bonds. The number of benzene rings is 2. The lowest BCUT2D eigenvalue weighted by molar-refractivity contribution is 0.0840. The van der Waals surface area contributed by atoms with E-state index < -0.39 is 16.5 Å². The zero-order valence-electron chi connectivity index (χ0n) is 22.9. The van der Waals surface area contributed by atoms with Gasteiger partial charge >= 0.3 is 0 Å². The molecule has 2 aromatic carbocycles. The van der Waals surface area contributed by atoms with Crippen molar-refractivity contribution in [1.82, 2.24) is 0 Å². The number of fused-ring (bicyclic) bond motifs is 3. The Balaban J connectivity index is 1.57. The minimum absolute atomic E-state index is 0.0171. The topological polar surface area (TPSA) is 68.2 Å². The van der Waals surface area contributed by atoms with Crippen molar-refractivity contribution in [1.29, 1.82) is 0 Å². The van der Waals surface area contributed by atoms with Crippen LogP contribution in [0.5, 0.6) is 5.75 Å².